The summed E-state index contributed by atoms with van der Waals surface area (Å²) in [5.41, 5.74) is 0.864. The van der Waals surface area contributed by atoms with Crippen molar-refractivity contribution in [3.8, 4) is 0 Å². The average molecular weight is 289 g/mol. The van der Waals surface area contributed by atoms with E-state index in [2.05, 4.69) is 17.6 Å². The Bertz CT molecular complexity index is 410. The lowest BCUT2D eigenvalue weighted by molar-refractivity contribution is -0.120. The summed E-state index contributed by atoms with van der Waals surface area (Å²) >= 11 is 11.7. The Hall–Kier alpha value is -0.770. The van der Waals surface area contributed by atoms with Gasteiger partial charge in [0.2, 0.25) is 5.91 Å². The van der Waals surface area contributed by atoms with E-state index in [4.69, 9.17) is 23.2 Å². The van der Waals surface area contributed by atoms with E-state index in [0.717, 1.165) is 12.1 Å². The smallest absolute Gasteiger partial charge is 0.224 e. The molecule has 0 saturated carbocycles. The largest absolute Gasteiger partial charge is 0.355 e. The van der Waals surface area contributed by atoms with Gasteiger partial charge in [-0.15, -0.1) is 0 Å². The summed E-state index contributed by atoms with van der Waals surface area (Å²) in [6.45, 7) is 3.63. The predicted octanol–water partition coefficient (Wildman–Crippen LogP) is 2.51. The van der Waals surface area contributed by atoms with E-state index in [-0.39, 0.29) is 5.91 Å². The van der Waals surface area contributed by atoms with E-state index < -0.39 is 0 Å². The quantitative estimate of drug-likeness (QED) is 0.845. The molecule has 0 bridgehead atoms. The van der Waals surface area contributed by atoms with Crippen molar-refractivity contribution < 1.29 is 4.79 Å². The maximum absolute atomic E-state index is 11.7. The zero-order valence-corrected chi connectivity index (χ0v) is 12.1. The van der Waals surface area contributed by atoms with Crippen molar-refractivity contribution in [3.05, 3.63) is 33.8 Å². The highest BCUT2D eigenvalue weighted by Crippen LogP contribution is 2.22. The van der Waals surface area contributed by atoms with Crippen molar-refractivity contribution in [1.82, 2.24) is 10.6 Å². The predicted molar refractivity (Wildman–Crippen MR) is 76.3 cm³/mol. The van der Waals surface area contributed by atoms with Crippen LogP contribution in [0.25, 0.3) is 0 Å². The molecule has 0 aromatic heterocycles. The van der Waals surface area contributed by atoms with Crippen LogP contribution in [0.3, 0.4) is 0 Å². The van der Waals surface area contributed by atoms with Crippen LogP contribution in [0.2, 0.25) is 10.0 Å². The van der Waals surface area contributed by atoms with E-state index in [9.17, 15) is 4.79 Å². The molecule has 100 valence electrons. The molecule has 2 N–H and O–H groups in total. The van der Waals surface area contributed by atoms with Crippen LogP contribution in [-0.2, 0) is 11.2 Å². The van der Waals surface area contributed by atoms with Crippen LogP contribution in [0.1, 0.15) is 12.5 Å². The van der Waals surface area contributed by atoms with E-state index in [1.165, 1.54) is 0 Å². The molecule has 0 aliphatic heterocycles. The Labute approximate surface area is 118 Å². The molecule has 1 aromatic carbocycles. The summed E-state index contributed by atoms with van der Waals surface area (Å²) < 4.78 is 0. The van der Waals surface area contributed by atoms with Gasteiger partial charge in [-0.05, 0) is 37.2 Å². The summed E-state index contributed by atoms with van der Waals surface area (Å²) in [5.74, 6) is 0.407. The zero-order chi connectivity index (χ0) is 13.5. The molecule has 1 aromatic rings. The topological polar surface area (TPSA) is 41.1 Å². The minimum absolute atomic E-state index is 0.00339. The molecule has 0 radical (unpaired) electrons. The Kier molecular flexibility index (Phi) is 6.47. The van der Waals surface area contributed by atoms with Crippen molar-refractivity contribution in [2.45, 2.75) is 13.3 Å². The molecule has 0 heterocycles. The maximum atomic E-state index is 11.7. The fraction of sp³-hybridized carbons (Fsp3) is 0.462. The van der Waals surface area contributed by atoms with E-state index in [1.807, 2.05) is 13.1 Å². The molecule has 1 amide bonds. The number of amides is 1. The molecule has 0 saturated heterocycles. The van der Waals surface area contributed by atoms with Gasteiger partial charge in [-0.3, -0.25) is 4.79 Å². The fourth-order valence-electron chi connectivity index (χ4n) is 1.61. The normalized spacial score (nSPS) is 12.2. The number of benzene rings is 1. The van der Waals surface area contributed by atoms with Crippen LogP contribution in [0.4, 0.5) is 0 Å². The molecule has 0 spiro atoms. The maximum Gasteiger partial charge on any atom is 0.224 e. The lowest BCUT2D eigenvalue weighted by Gasteiger charge is -2.12. The lowest BCUT2D eigenvalue weighted by atomic mass is 10.1. The van der Waals surface area contributed by atoms with Crippen LogP contribution in [0.5, 0.6) is 0 Å². The number of carbonyl (C=O) groups is 1. The Morgan fingerprint density at radius 2 is 2.00 bits per heavy atom. The highest BCUT2D eigenvalue weighted by atomic mass is 35.5. The standard InChI is InChI=1S/C13H18Cl2N2O/c1-9(7-16-2)8-17-13(18)6-10-3-4-11(14)12(15)5-10/h3-5,9,16H,6-8H2,1-2H3,(H,17,18). The van der Waals surface area contributed by atoms with Crippen LogP contribution in [-0.4, -0.2) is 26.0 Å². The molecule has 0 aliphatic carbocycles. The molecular formula is C13H18Cl2N2O. The van der Waals surface area contributed by atoms with Gasteiger partial charge in [0.05, 0.1) is 16.5 Å². The first kappa shape index (κ1) is 15.3. The van der Waals surface area contributed by atoms with Gasteiger partial charge < -0.3 is 10.6 Å². The van der Waals surface area contributed by atoms with Crippen molar-refractivity contribution in [2.24, 2.45) is 5.92 Å². The first-order chi connectivity index (χ1) is 8.52. The third-order valence-corrected chi connectivity index (χ3v) is 3.29. The van der Waals surface area contributed by atoms with E-state index >= 15 is 0 Å². The molecular weight excluding hydrogens is 271 g/mol. The number of nitrogens with one attached hydrogen (secondary N) is 2. The minimum Gasteiger partial charge on any atom is -0.355 e. The minimum atomic E-state index is -0.00339. The highest BCUT2D eigenvalue weighted by molar-refractivity contribution is 6.42. The molecule has 0 aliphatic rings. The number of carbonyl (C=O) groups excluding carboxylic acids is 1. The monoisotopic (exact) mass is 288 g/mol. The van der Waals surface area contributed by atoms with E-state index in [0.29, 0.717) is 28.9 Å². The first-order valence-corrected chi connectivity index (χ1v) is 6.63. The van der Waals surface area contributed by atoms with Gasteiger partial charge in [0.25, 0.3) is 0 Å². The third kappa shape index (κ3) is 5.25. The summed E-state index contributed by atoms with van der Waals surface area (Å²) in [7, 11) is 1.90. The summed E-state index contributed by atoms with van der Waals surface area (Å²) in [6.07, 6.45) is 0.323. The number of hydrogen-bond donors (Lipinski definition) is 2. The molecule has 3 nitrogen and oxygen atoms in total. The van der Waals surface area contributed by atoms with Gasteiger partial charge in [0.1, 0.15) is 0 Å². The van der Waals surface area contributed by atoms with Gasteiger partial charge in [0, 0.05) is 6.54 Å². The number of hydrogen-bond acceptors (Lipinski definition) is 2. The van der Waals surface area contributed by atoms with Gasteiger partial charge in [-0.1, -0.05) is 36.2 Å². The zero-order valence-electron chi connectivity index (χ0n) is 10.6. The Morgan fingerprint density at radius 1 is 1.28 bits per heavy atom. The number of rotatable bonds is 6. The molecule has 0 fully saturated rings. The van der Waals surface area contributed by atoms with Gasteiger partial charge in [-0.25, -0.2) is 0 Å². The van der Waals surface area contributed by atoms with Crippen LogP contribution >= 0.6 is 23.2 Å². The van der Waals surface area contributed by atoms with Crippen molar-refractivity contribution in [1.29, 1.82) is 0 Å². The second-order valence-electron chi connectivity index (χ2n) is 4.39. The van der Waals surface area contributed by atoms with Crippen molar-refractivity contribution in [2.75, 3.05) is 20.1 Å². The molecule has 1 unspecified atom stereocenters. The van der Waals surface area contributed by atoms with Crippen LogP contribution in [0, 0.1) is 5.92 Å². The van der Waals surface area contributed by atoms with E-state index in [1.54, 1.807) is 12.1 Å². The lowest BCUT2D eigenvalue weighted by Crippen LogP contribution is -2.33. The molecule has 5 heteroatoms. The second kappa shape index (κ2) is 7.62. The molecule has 18 heavy (non-hydrogen) atoms. The summed E-state index contributed by atoms with van der Waals surface area (Å²) in [4.78, 5) is 11.7. The SMILES string of the molecule is CNCC(C)CNC(=O)Cc1ccc(Cl)c(Cl)c1. The molecule has 1 atom stereocenters. The van der Waals surface area contributed by atoms with Crippen molar-refractivity contribution >= 4 is 29.1 Å². The summed E-state index contributed by atoms with van der Waals surface area (Å²) in [5, 5.41) is 6.95. The van der Waals surface area contributed by atoms with Crippen LogP contribution < -0.4 is 10.6 Å². The highest BCUT2D eigenvalue weighted by Gasteiger charge is 2.07. The fourth-order valence-corrected chi connectivity index (χ4v) is 1.93. The second-order valence-corrected chi connectivity index (χ2v) is 5.21. The third-order valence-electron chi connectivity index (χ3n) is 2.55. The Morgan fingerprint density at radius 3 is 2.61 bits per heavy atom. The number of halogens is 2. The molecule has 1 rings (SSSR count). The van der Waals surface area contributed by atoms with Crippen LogP contribution in [0.15, 0.2) is 18.2 Å². The van der Waals surface area contributed by atoms with Gasteiger partial charge >= 0.3 is 0 Å². The van der Waals surface area contributed by atoms with Gasteiger partial charge in [-0.2, -0.15) is 0 Å². The Balaban J connectivity index is 2.42. The van der Waals surface area contributed by atoms with Crippen molar-refractivity contribution in [3.63, 3.8) is 0 Å². The average Bonchev–Trinajstić information content (AvgIpc) is 2.32. The summed E-state index contributed by atoms with van der Waals surface area (Å²) in [6, 6.07) is 5.24. The first-order valence-electron chi connectivity index (χ1n) is 5.88. The van der Waals surface area contributed by atoms with Gasteiger partial charge in [0.15, 0.2) is 0 Å².